The van der Waals surface area contributed by atoms with Gasteiger partial charge in [0.1, 0.15) is 5.82 Å². The fraction of sp³-hybridized carbons (Fsp3) is 0.197. The standard InChI is InChI=1S/C61H52N5OS.Pt/c1-59(2,3)41-27-28-63-55(34-41)66-53-36-47(24-25-50(53)58-57(66)56-49-16-12-11-15-39(49)21-26-54(56)68-58)67-48-30-40(38-19-22-44(62-10)23-20-38)29-45(35-48)64-37-65(52-18-14-13-17-51(52)64)46-32-42(60(4,5)6)31-43(33-46)61(7,8)9;/h11-34,37H,1-9H3;/q-3;. The molecule has 1 aliphatic rings. The van der Waals surface area contributed by atoms with E-state index in [1.54, 1.807) is 0 Å². The third-order valence-corrected chi connectivity index (χ3v) is 14.4. The Morgan fingerprint density at radius 3 is 2.00 bits per heavy atom. The van der Waals surface area contributed by atoms with E-state index >= 15 is 0 Å². The van der Waals surface area contributed by atoms with Crippen molar-refractivity contribution < 1.29 is 25.8 Å². The summed E-state index contributed by atoms with van der Waals surface area (Å²) in [5.41, 5.74) is 12.1. The topological polar surface area (TPSA) is 37.9 Å². The molecule has 0 fully saturated rings. The van der Waals surface area contributed by atoms with Crippen LogP contribution in [-0.4, -0.2) is 9.55 Å². The number of hydrogen-bond donors (Lipinski definition) is 0. The smallest absolute Gasteiger partial charge is 0.187 e. The van der Waals surface area contributed by atoms with Crippen LogP contribution in [-0.2, 0) is 37.3 Å². The minimum absolute atomic E-state index is 0. The van der Waals surface area contributed by atoms with Crippen molar-refractivity contribution in [2.75, 3.05) is 9.80 Å². The molecule has 0 bridgehead atoms. The van der Waals surface area contributed by atoms with Crippen LogP contribution in [0.15, 0.2) is 146 Å². The number of aromatic nitrogens is 2. The van der Waals surface area contributed by atoms with Gasteiger partial charge in [-0.15, -0.1) is 59.6 Å². The van der Waals surface area contributed by atoms with Gasteiger partial charge in [-0.1, -0.05) is 146 Å². The fourth-order valence-corrected chi connectivity index (χ4v) is 10.6. The van der Waals surface area contributed by atoms with Crippen LogP contribution < -0.4 is 14.5 Å². The van der Waals surface area contributed by atoms with Gasteiger partial charge in [-0.3, -0.25) is 0 Å². The molecule has 69 heavy (non-hydrogen) atoms. The van der Waals surface area contributed by atoms with E-state index in [0.717, 1.165) is 56.1 Å². The van der Waals surface area contributed by atoms with Crippen molar-refractivity contribution in [3.05, 3.63) is 193 Å². The van der Waals surface area contributed by atoms with Gasteiger partial charge in [0.25, 0.3) is 0 Å². The number of fused-ring (bicyclic) bond motifs is 8. The summed E-state index contributed by atoms with van der Waals surface area (Å²) in [6.45, 7) is 30.2. The van der Waals surface area contributed by atoms with E-state index in [4.69, 9.17) is 16.3 Å². The molecular weight excluding hydrogens is 1050 g/mol. The molecule has 1 aliphatic heterocycles. The molecule has 4 heterocycles. The molecule has 346 valence electrons. The number of pyridine rings is 1. The summed E-state index contributed by atoms with van der Waals surface area (Å²) in [5, 5.41) is 4.71. The summed E-state index contributed by atoms with van der Waals surface area (Å²) in [7, 11) is 0. The maximum atomic E-state index is 7.62. The van der Waals surface area contributed by atoms with Crippen LogP contribution in [0.4, 0.5) is 28.4 Å². The molecule has 0 saturated heterocycles. The second-order valence-corrected chi connectivity index (χ2v) is 22.1. The van der Waals surface area contributed by atoms with Crippen molar-refractivity contribution in [2.24, 2.45) is 0 Å². The van der Waals surface area contributed by atoms with E-state index in [-0.39, 0.29) is 37.3 Å². The van der Waals surface area contributed by atoms with Crippen molar-refractivity contribution >= 4 is 81.8 Å². The van der Waals surface area contributed by atoms with Crippen LogP contribution in [0.25, 0.3) is 63.8 Å². The van der Waals surface area contributed by atoms with E-state index in [2.05, 4.69) is 203 Å². The predicted molar refractivity (Wildman–Crippen MR) is 285 cm³/mol. The van der Waals surface area contributed by atoms with Crippen LogP contribution in [0.3, 0.4) is 0 Å². The van der Waals surface area contributed by atoms with Gasteiger partial charge in [-0.25, -0.2) is 9.83 Å². The van der Waals surface area contributed by atoms with Gasteiger partial charge in [0.15, 0.2) is 5.69 Å². The number of rotatable bonds is 6. The predicted octanol–water partition coefficient (Wildman–Crippen LogP) is 17.5. The Bertz CT molecular complexity index is 3640. The quantitative estimate of drug-likeness (QED) is 0.156. The van der Waals surface area contributed by atoms with Crippen molar-refractivity contribution in [1.29, 1.82) is 0 Å². The van der Waals surface area contributed by atoms with Crippen LogP contribution in [0.5, 0.6) is 11.5 Å². The summed E-state index contributed by atoms with van der Waals surface area (Å²) in [4.78, 5) is 13.2. The molecule has 10 aromatic rings. The third-order valence-electron chi connectivity index (χ3n) is 13.2. The van der Waals surface area contributed by atoms with Gasteiger partial charge >= 0.3 is 0 Å². The summed E-state index contributed by atoms with van der Waals surface area (Å²) in [5.74, 6) is 1.95. The first-order valence-electron chi connectivity index (χ1n) is 23.2. The average molecular weight is 1100 g/mol. The van der Waals surface area contributed by atoms with Crippen LogP contribution in [0.1, 0.15) is 79.0 Å². The molecule has 0 saturated carbocycles. The normalized spacial score (nSPS) is 13.0. The Kier molecular flexibility index (Phi) is 11.4. The van der Waals surface area contributed by atoms with Gasteiger partial charge < -0.3 is 19.1 Å². The Hall–Kier alpha value is -6.71. The molecule has 6 nitrogen and oxygen atoms in total. The average Bonchev–Trinajstić information content (AvgIpc) is 4.00. The van der Waals surface area contributed by atoms with Crippen molar-refractivity contribution in [3.8, 4) is 28.4 Å². The zero-order chi connectivity index (χ0) is 47.3. The van der Waals surface area contributed by atoms with Gasteiger partial charge in [0.2, 0.25) is 0 Å². The number of nitrogens with zero attached hydrogens (tertiary/aromatic N) is 5. The summed E-state index contributed by atoms with van der Waals surface area (Å²) < 4.78 is 11.7. The summed E-state index contributed by atoms with van der Waals surface area (Å²) in [6, 6.07) is 56.5. The summed E-state index contributed by atoms with van der Waals surface area (Å²) >= 11 is 1.81. The molecule has 11 rings (SSSR count). The maximum Gasteiger partial charge on any atom is 0.187 e. The van der Waals surface area contributed by atoms with Crippen LogP contribution in [0, 0.1) is 25.4 Å². The number of hydrogen-bond acceptors (Lipinski definition) is 5. The second kappa shape index (κ2) is 17.1. The maximum absolute atomic E-state index is 7.62. The third kappa shape index (κ3) is 8.28. The van der Waals surface area contributed by atoms with Crippen molar-refractivity contribution in [3.63, 3.8) is 0 Å². The fourth-order valence-electron chi connectivity index (χ4n) is 9.33. The van der Waals surface area contributed by atoms with E-state index < -0.39 is 0 Å². The van der Waals surface area contributed by atoms with Crippen molar-refractivity contribution in [1.82, 2.24) is 9.55 Å². The molecule has 0 N–H and O–H groups in total. The molecule has 3 aromatic heterocycles. The Morgan fingerprint density at radius 2 is 1.30 bits per heavy atom. The van der Waals surface area contributed by atoms with Crippen LogP contribution >= 0.6 is 11.3 Å². The van der Waals surface area contributed by atoms with Gasteiger partial charge in [-0.2, -0.15) is 6.07 Å². The van der Waals surface area contributed by atoms with Gasteiger partial charge in [0, 0.05) is 70.6 Å². The molecule has 0 atom stereocenters. The number of thiophene rings is 1. The van der Waals surface area contributed by atoms with E-state index in [9.17, 15) is 0 Å². The number of benzene rings is 7. The molecule has 0 spiro atoms. The first kappa shape index (κ1) is 46.0. The SMILES string of the molecule is [C-]#[N+]c1ccc(-c2cc(Oc3[c-]c4c(cc3)c3sc5ccc6ccccc6c5c3n4-c3cc(C(C)(C)C)ccn3)[c-]c(N3[CH-]N(c4cc(C(C)(C)C)cc(C(C)(C)C)c4)c4ccccc43)c2)cc1.[Pt]. The molecule has 0 aliphatic carbocycles. The number of ether oxygens (including phenoxy) is 1. The van der Waals surface area contributed by atoms with Crippen molar-refractivity contribution in [2.45, 2.75) is 78.6 Å². The monoisotopic (exact) mass is 1100 g/mol. The molecule has 0 unspecified atom stereocenters. The molecule has 7 aromatic carbocycles. The van der Waals surface area contributed by atoms with E-state index in [1.165, 1.54) is 42.2 Å². The Labute approximate surface area is 423 Å². The molecular formula is C61H52N5OPtS-3. The molecule has 8 heteroatoms. The van der Waals surface area contributed by atoms with Gasteiger partial charge in [0.05, 0.1) is 12.1 Å². The number of para-hydroxylation sites is 2. The van der Waals surface area contributed by atoms with Crippen LogP contribution in [0.2, 0.25) is 0 Å². The zero-order valence-electron chi connectivity index (χ0n) is 40.3. The number of anilines is 4. The summed E-state index contributed by atoms with van der Waals surface area (Å²) in [6.07, 6.45) is 1.92. The second-order valence-electron chi connectivity index (χ2n) is 21.0. The van der Waals surface area contributed by atoms with E-state index in [0.29, 0.717) is 17.2 Å². The minimum atomic E-state index is -0.0772. The van der Waals surface area contributed by atoms with Gasteiger partial charge in [-0.05, 0) is 91.7 Å². The first-order valence-corrected chi connectivity index (χ1v) is 24.0. The first-order chi connectivity index (χ1) is 32.5. The minimum Gasteiger partial charge on any atom is -0.509 e. The largest absolute Gasteiger partial charge is 0.509 e. The van der Waals surface area contributed by atoms with E-state index in [1.807, 2.05) is 53.9 Å². The Balaban J connectivity index is 0.00000553. The zero-order valence-corrected chi connectivity index (χ0v) is 43.4. The molecule has 0 amide bonds. The Morgan fingerprint density at radius 1 is 0.623 bits per heavy atom. The molecule has 0 radical (unpaired) electrons.